The third-order valence-electron chi connectivity index (χ3n) is 5.63. The first kappa shape index (κ1) is 19.4. The topological polar surface area (TPSA) is 95.6 Å². The van der Waals surface area contributed by atoms with Crippen LogP contribution in [0.3, 0.4) is 0 Å². The van der Waals surface area contributed by atoms with E-state index in [1.165, 1.54) is 0 Å². The summed E-state index contributed by atoms with van der Waals surface area (Å²) >= 11 is 0. The van der Waals surface area contributed by atoms with E-state index in [1.54, 1.807) is 18.5 Å². The van der Waals surface area contributed by atoms with Crippen molar-refractivity contribution in [1.82, 2.24) is 34.4 Å². The van der Waals surface area contributed by atoms with Gasteiger partial charge in [-0.2, -0.15) is 0 Å². The molecule has 31 heavy (non-hydrogen) atoms. The predicted molar refractivity (Wildman–Crippen MR) is 118 cm³/mol. The molecule has 4 aromatic rings. The first-order chi connectivity index (χ1) is 15.0. The van der Waals surface area contributed by atoms with Crippen molar-refractivity contribution in [3.05, 3.63) is 48.2 Å². The molecule has 5 heterocycles. The van der Waals surface area contributed by atoms with Crippen LogP contribution in [0.25, 0.3) is 28.2 Å². The van der Waals surface area contributed by atoms with Crippen LogP contribution in [0.15, 0.2) is 36.9 Å². The van der Waals surface area contributed by atoms with E-state index in [2.05, 4.69) is 42.0 Å². The van der Waals surface area contributed by atoms with Gasteiger partial charge in [0, 0.05) is 55.9 Å². The summed E-state index contributed by atoms with van der Waals surface area (Å²) in [5.74, 6) is 0.646. The molecule has 0 amide bonds. The van der Waals surface area contributed by atoms with Gasteiger partial charge in [-0.15, -0.1) is 10.2 Å². The lowest BCUT2D eigenvalue weighted by Gasteiger charge is -2.31. The number of aromatic hydroxyl groups is 1. The summed E-state index contributed by atoms with van der Waals surface area (Å²) in [6.45, 7) is 7.68. The second-order valence-corrected chi connectivity index (χ2v) is 8.05. The monoisotopic (exact) mass is 416 g/mol. The van der Waals surface area contributed by atoms with Crippen LogP contribution in [0.2, 0.25) is 0 Å². The summed E-state index contributed by atoms with van der Waals surface area (Å²) in [5, 5.41) is 19.2. The van der Waals surface area contributed by atoms with Gasteiger partial charge in [-0.05, 0) is 38.6 Å². The van der Waals surface area contributed by atoms with Crippen molar-refractivity contribution >= 4 is 11.6 Å². The number of hydrogen-bond acceptors (Lipinski definition) is 8. The molecule has 1 saturated heterocycles. The summed E-state index contributed by atoms with van der Waals surface area (Å²) in [6.07, 6.45) is 7.32. The van der Waals surface area contributed by atoms with Crippen LogP contribution < -0.4 is 4.90 Å². The summed E-state index contributed by atoms with van der Waals surface area (Å²) < 4.78 is 2.00. The normalized spacial score (nSPS) is 15.0. The zero-order valence-corrected chi connectivity index (χ0v) is 17.8. The molecule has 9 heteroatoms. The lowest BCUT2D eigenvalue weighted by atomic mass is 10.1. The molecule has 0 spiro atoms. The van der Waals surface area contributed by atoms with Gasteiger partial charge < -0.3 is 19.3 Å². The van der Waals surface area contributed by atoms with Crippen LogP contribution in [0, 0.1) is 13.8 Å². The Morgan fingerprint density at radius 1 is 0.903 bits per heavy atom. The number of anilines is 1. The highest BCUT2D eigenvalue weighted by Gasteiger charge is 2.18. The molecule has 158 valence electrons. The maximum Gasteiger partial charge on any atom is 0.245 e. The Bertz CT molecular complexity index is 1240. The van der Waals surface area contributed by atoms with Crippen LogP contribution in [-0.2, 0) is 0 Å². The van der Waals surface area contributed by atoms with E-state index < -0.39 is 0 Å². The van der Waals surface area contributed by atoms with Crippen molar-refractivity contribution in [2.45, 2.75) is 13.8 Å². The average Bonchev–Trinajstić information content (AvgIpc) is 3.15. The molecule has 0 aromatic carbocycles. The van der Waals surface area contributed by atoms with Gasteiger partial charge in [-0.1, -0.05) is 0 Å². The number of aryl methyl sites for hydroxylation is 2. The van der Waals surface area contributed by atoms with Gasteiger partial charge in [-0.3, -0.25) is 0 Å². The fourth-order valence-corrected chi connectivity index (χ4v) is 3.89. The number of aromatic nitrogens is 6. The highest BCUT2D eigenvalue weighted by Crippen LogP contribution is 2.31. The third-order valence-corrected chi connectivity index (χ3v) is 5.63. The Hall–Kier alpha value is -3.59. The van der Waals surface area contributed by atoms with E-state index in [4.69, 9.17) is 0 Å². The molecule has 0 bridgehead atoms. The van der Waals surface area contributed by atoms with E-state index in [1.807, 2.05) is 36.7 Å². The molecule has 0 radical (unpaired) electrons. The van der Waals surface area contributed by atoms with Gasteiger partial charge in [0.2, 0.25) is 5.95 Å². The van der Waals surface area contributed by atoms with Crippen molar-refractivity contribution in [2.75, 3.05) is 38.1 Å². The van der Waals surface area contributed by atoms with Gasteiger partial charge in [0.05, 0.1) is 11.9 Å². The largest absolute Gasteiger partial charge is 0.506 e. The van der Waals surface area contributed by atoms with Gasteiger partial charge in [-0.25, -0.2) is 15.0 Å². The van der Waals surface area contributed by atoms with Crippen molar-refractivity contribution in [3.8, 4) is 28.3 Å². The zero-order chi connectivity index (χ0) is 21.5. The fraction of sp³-hybridized carbons (Fsp3) is 0.318. The maximum absolute atomic E-state index is 10.6. The Kier molecular flexibility index (Phi) is 4.74. The highest BCUT2D eigenvalue weighted by atomic mass is 16.3. The molecular weight excluding hydrogens is 392 g/mol. The Balaban J connectivity index is 1.42. The van der Waals surface area contributed by atoms with Gasteiger partial charge in [0.1, 0.15) is 22.8 Å². The zero-order valence-electron chi connectivity index (χ0n) is 17.8. The molecule has 0 unspecified atom stereocenters. The molecule has 0 saturated carbocycles. The minimum atomic E-state index is 0.0421. The minimum Gasteiger partial charge on any atom is -0.506 e. The standard InChI is InChI=1S/C22H24N8O/c1-14-8-17(13-30-12-15(2)25-21(14)30)16-9-19(31)20(23-10-16)18-11-24-22(27-26-18)29-6-4-28(3)5-7-29/h8-13,31H,4-7H2,1-3H3. The number of pyridine rings is 2. The molecule has 4 aromatic heterocycles. The Morgan fingerprint density at radius 2 is 1.71 bits per heavy atom. The second-order valence-electron chi connectivity index (χ2n) is 8.05. The lowest BCUT2D eigenvalue weighted by molar-refractivity contribution is 0.311. The van der Waals surface area contributed by atoms with Gasteiger partial charge in [0.25, 0.3) is 0 Å². The smallest absolute Gasteiger partial charge is 0.245 e. The lowest BCUT2D eigenvalue weighted by Crippen LogP contribution is -2.45. The second kappa shape index (κ2) is 7.59. The predicted octanol–water partition coefficient (Wildman–Crippen LogP) is 2.32. The van der Waals surface area contributed by atoms with Crippen molar-refractivity contribution in [2.24, 2.45) is 0 Å². The average molecular weight is 416 g/mol. The SMILES string of the molecule is Cc1cn2cc(-c3cnc(-c4cnc(N5CCN(C)CC5)nn4)c(O)c3)cc(C)c2n1. The van der Waals surface area contributed by atoms with E-state index in [0.29, 0.717) is 17.3 Å². The number of likely N-dealkylation sites (N-methyl/N-ethyl adjacent to an activating group) is 1. The molecular formula is C22H24N8O. The fourth-order valence-electron chi connectivity index (χ4n) is 3.89. The molecule has 9 nitrogen and oxygen atoms in total. The number of imidazole rings is 1. The number of hydrogen-bond donors (Lipinski definition) is 1. The van der Waals surface area contributed by atoms with Gasteiger partial charge in [0.15, 0.2) is 0 Å². The summed E-state index contributed by atoms with van der Waals surface area (Å²) in [6, 6.07) is 3.74. The molecule has 1 N–H and O–H groups in total. The number of fused-ring (bicyclic) bond motifs is 1. The molecule has 1 aliphatic rings. The van der Waals surface area contributed by atoms with Crippen molar-refractivity contribution < 1.29 is 5.11 Å². The van der Waals surface area contributed by atoms with Crippen LogP contribution in [0.4, 0.5) is 5.95 Å². The summed E-state index contributed by atoms with van der Waals surface area (Å²) in [4.78, 5) is 17.8. The third kappa shape index (κ3) is 3.68. The first-order valence-corrected chi connectivity index (χ1v) is 10.3. The van der Waals surface area contributed by atoms with E-state index in [-0.39, 0.29) is 5.75 Å². The van der Waals surface area contributed by atoms with E-state index in [0.717, 1.165) is 54.2 Å². The first-order valence-electron chi connectivity index (χ1n) is 10.3. The number of rotatable bonds is 3. The van der Waals surface area contributed by atoms with Gasteiger partial charge >= 0.3 is 0 Å². The summed E-state index contributed by atoms with van der Waals surface area (Å²) in [7, 11) is 2.10. The quantitative estimate of drug-likeness (QED) is 0.544. The Morgan fingerprint density at radius 3 is 2.42 bits per heavy atom. The molecule has 5 rings (SSSR count). The van der Waals surface area contributed by atoms with Crippen LogP contribution in [0.5, 0.6) is 5.75 Å². The molecule has 0 atom stereocenters. The van der Waals surface area contributed by atoms with Crippen molar-refractivity contribution in [1.29, 1.82) is 0 Å². The Labute approximate surface area is 180 Å². The van der Waals surface area contributed by atoms with Crippen molar-refractivity contribution in [3.63, 3.8) is 0 Å². The molecule has 1 aliphatic heterocycles. The van der Waals surface area contributed by atoms with Crippen LogP contribution in [0.1, 0.15) is 11.3 Å². The van der Waals surface area contributed by atoms with Crippen LogP contribution in [-0.4, -0.2) is 72.8 Å². The number of piperazine rings is 1. The van der Waals surface area contributed by atoms with E-state index in [9.17, 15) is 5.11 Å². The minimum absolute atomic E-state index is 0.0421. The highest BCUT2D eigenvalue weighted by molar-refractivity contribution is 5.71. The molecule has 0 aliphatic carbocycles. The number of nitrogens with zero attached hydrogens (tertiary/aromatic N) is 8. The van der Waals surface area contributed by atoms with E-state index >= 15 is 0 Å². The maximum atomic E-state index is 10.6. The summed E-state index contributed by atoms with van der Waals surface area (Å²) in [5.41, 5.74) is 5.52. The van der Waals surface area contributed by atoms with Crippen LogP contribution >= 0.6 is 0 Å². The molecule has 1 fully saturated rings.